The van der Waals surface area contributed by atoms with Gasteiger partial charge < -0.3 is 20.5 Å². The van der Waals surface area contributed by atoms with Crippen LogP contribution in [0.15, 0.2) is 0 Å². The van der Waals surface area contributed by atoms with E-state index < -0.39 is 11.5 Å². The van der Waals surface area contributed by atoms with Gasteiger partial charge in [0.1, 0.15) is 5.54 Å². The predicted octanol–water partition coefficient (Wildman–Crippen LogP) is 0.289. The maximum absolute atomic E-state index is 10.8. The van der Waals surface area contributed by atoms with Crippen LogP contribution in [0.3, 0.4) is 0 Å². The average molecular weight is 230 g/mol. The van der Waals surface area contributed by atoms with E-state index in [0.29, 0.717) is 12.5 Å². The molecule has 0 aliphatic carbocycles. The highest BCUT2D eigenvalue weighted by Crippen LogP contribution is 2.15. The number of carboxylic acid groups (broad SMARTS) is 1. The smallest absolute Gasteiger partial charge is 0.323 e. The summed E-state index contributed by atoms with van der Waals surface area (Å²) in [5.41, 5.74) is 4.57. The molecular formula is C11H22N2O3. The van der Waals surface area contributed by atoms with Gasteiger partial charge in [-0.2, -0.15) is 0 Å². The molecule has 1 rings (SSSR count). The lowest BCUT2D eigenvalue weighted by Crippen LogP contribution is -2.48. The fraction of sp³-hybridized carbons (Fsp3) is 0.909. The lowest BCUT2D eigenvalue weighted by atomic mass is 9.98. The molecule has 0 saturated carbocycles. The molecule has 0 bridgehead atoms. The summed E-state index contributed by atoms with van der Waals surface area (Å²) in [6.45, 7) is 4.25. The summed E-state index contributed by atoms with van der Waals surface area (Å²) in [6, 6.07) is 0. The highest BCUT2D eigenvalue weighted by atomic mass is 16.5. The SMILES string of the molecule is COC1CCN(CCC(C)(N)C(=O)O)CC1. The molecule has 1 heterocycles. The molecule has 0 aromatic heterocycles. The Kier molecular flexibility index (Phi) is 4.70. The van der Waals surface area contributed by atoms with Crippen molar-refractivity contribution in [3.05, 3.63) is 0 Å². The van der Waals surface area contributed by atoms with Gasteiger partial charge in [-0.3, -0.25) is 4.79 Å². The Morgan fingerprint density at radius 1 is 1.56 bits per heavy atom. The Balaban J connectivity index is 2.27. The summed E-state index contributed by atoms with van der Waals surface area (Å²) < 4.78 is 5.28. The van der Waals surface area contributed by atoms with E-state index in [4.69, 9.17) is 15.6 Å². The van der Waals surface area contributed by atoms with E-state index in [0.717, 1.165) is 32.5 Å². The number of rotatable bonds is 5. The summed E-state index contributed by atoms with van der Waals surface area (Å²) in [7, 11) is 1.74. The number of hydrogen-bond acceptors (Lipinski definition) is 4. The lowest BCUT2D eigenvalue weighted by Gasteiger charge is -2.32. The van der Waals surface area contributed by atoms with Gasteiger partial charge in [-0.1, -0.05) is 0 Å². The van der Waals surface area contributed by atoms with Gasteiger partial charge in [0.15, 0.2) is 0 Å². The maximum Gasteiger partial charge on any atom is 0.323 e. The molecule has 3 N–H and O–H groups in total. The van der Waals surface area contributed by atoms with E-state index in [2.05, 4.69) is 4.90 Å². The lowest BCUT2D eigenvalue weighted by molar-refractivity contribution is -0.143. The second-order valence-electron chi connectivity index (χ2n) is 4.75. The van der Waals surface area contributed by atoms with Crippen molar-refractivity contribution >= 4 is 5.97 Å². The zero-order valence-electron chi connectivity index (χ0n) is 10.1. The van der Waals surface area contributed by atoms with Crippen LogP contribution >= 0.6 is 0 Å². The topological polar surface area (TPSA) is 75.8 Å². The first-order valence-electron chi connectivity index (χ1n) is 5.73. The summed E-state index contributed by atoms with van der Waals surface area (Å²) >= 11 is 0. The third-order valence-electron chi connectivity index (χ3n) is 3.30. The zero-order chi connectivity index (χ0) is 12.2. The van der Waals surface area contributed by atoms with E-state index >= 15 is 0 Å². The van der Waals surface area contributed by atoms with Crippen molar-refractivity contribution in [2.75, 3.05) is 26.7 Å². The van der Waals surface area contributed by atoms with Crippen molar-refractivity contribution in [2.45, 2.75) is 37.8 Å². The zero-order valence-corrected chi connectivity index (χ0v) is 10.1. The normalized spacial score (nSPS) is 22.9. The van der Waals surface area contributed by atoms with Gasteiger partial charge in [0, 0.05) is 26.7 Å². The highest BCUT2D eigenvalue weighted by Gasteiger charge is 2.29. The molecule has 0 spiro atoms. The number of piperidine rings is 1. The van der Waals surface area contributed by atoms with Crippen molar-refractivity contribution in [3.8, 4) is 0 Å². The van der Waals surface area contributed by atoms with E-state index in [1.54, 1.807) is 14.0 Å². The van der Waals surface area contributed by atoms with Crippen LogP contribution in [0.5, 0.6) is 0 Å². The van der Waals surface area contributed by atoms with Crippen LogP contribution in [0.1, 0.15) is 26.2 Å². The molecule has 1 aliphatic heterocycles. The van der Waals surface area contributed by atoms with Crippen LogP contribution in [-0.2, 0) is 9.53 Å². The van der Waals surface area contributed by atoms with Crippen LogP contribution in [0.2, 0.25) is 0 Å². The Morgan fingerprint density at radius 2 is 2.12 bits per heavy atom. The molecule has 1 unspecified atom stereocenters. The van der Waals surface area contributed by atoms with E-state index in [9.17, 15) is 4.79 Å². The molecule has 5 heteroatoms. The van der Waals surface area contributed by atoms with Crippen molar-refractivity contribution in [3.63, 3.8) is 0 Å². The van der Waals surface area contributed by atoms with Gasteiger partial charge in [0.25, 0.3) is 0 Å². The van der Waals surface area contributed by atoms with Gasteiger partial charge in [-0.05, 0) is 26.2 Å². The second-order valence-corrected chi connectivity index (χ2v) is 4.75. The third-order valence-corrected chi connectivity index (χ3v) is 3.30. The number of nitrogens with zero attached hydrogens (tertiary/aromatic N) is 1. The third kappa shape index (κ3) is 3.73. The van der Waals surface area contributed by atoms with Gasteiger partial charge >= 0.3 is 5.97 Å². The molecular weight excluding hydrogens is 208 g/mol. The molecule has 1 saturated heterocycles. The Labute approximate surface area is 96.6 Å². The molecule has 1 fully saturated rings. The van der Waals surface area contributed by atoms with Gasteiger partial charge in [0.2, 0.25) is 0 Å². The number of likely N-dealkylation sites (tertiary alicyclic amines) is 1. The number of methoxy groups -OCH3 is 1. The highest BCUT2D eigenvalue weighted by molar-refractivity contribution is 5.77. The van der Waals surface area contributed by atoms with Crippen molar-refractivity contribution in [2.24, 2.45) is 5.73 Å². The summed E-state index contributed by atoms with van der Waals surface area (Å²) in [4.78, 5) is 13.1. The molecule has 1 aliphatic rings. The molecule has 1 atom stereocenters. The monoisotopic (exact) mass is 230 g/mol. The first-order valence-corrected chi connectivity index (χ1v) is 5.73. The fourth-order valence-corrected chi connectivity index (χ4v) is 1.87. The van der Waals surface area contributed by atoms with Crippen LogP contribution in [0.25, 0.3) is 0 Å². The standard InChI is InChI=1S/C11H22N2O3/c1-11(12,10(14)15)5-8-13-6-3-9(16-2)4-7-13/h9H,3-8,12H2,1-2H3,(H,14,15). The van der Waals surface area contributed by atoms with Crippen molar-refractivity contribution in [1.82, 2.24) is 4.90 Å². The average Bonchev–Trinajstić information content (AvgIpc) is 2.27. The number of hydrogen-bond donors (Lipinski definition) is 2. The first-order chi connectivity index (χ1) is 7.45. The van der Waals surface area contributed by atoms with E-state index in [1.807, 2.05) is 0 Å². The van der Waals surface area contributed by atoms with Crippen LogP contribution in [0.4, 0.5) is 0 Å². The van der Waals surface area contributed by atoms with Crippen LogP contribution < -0.4 is 5.73 Å². The summed E-state index contributed by atoms with van der Waals surface area (Å²) in [6.07, 6.45) is 2.88. The van der Waals surface area contributed by atoms with Gasteiger partial charge in [-0.25, -0.2) is 0 Å². The predicted molar refractivity (Wildman–Crippen MR) is 61.3 cm³/mol. The molecule has 94 valence electrons. The largest absolute Gasteiger partial charge is 0.480 e. The molecule has 0 amide bonds. The Hall–Kier alpha value is -0.650. The minimum absolute atomic E-state index is 0.361. The van der Waals surface area contributed by atoms with Crippen LogP contribution in [-0.4, -0.2) is 54.4 Å². The number of carbonyl (C=O) groups is 1. The molecule has 0 aromatic carbocycles. The summed E-state index contributed by atoms with van der Waals surface area (Å²) in [5, 5.41) is 8.89. The van der Waals surface area contributed by atoms with E-state index in [1.165, 1.54) is 0 Å². The molecule has 5 nitrogen and oxygen atoms in total. The molecule has 0 radical (unpaired) electrons. The second kappa shape index (κ2) is 5.61. The quantitative estimate of drug-likeness (QED) is 0.710. The van der Waals surface area contributed by atoms with Gasteiger partial charge in [0.05, 0.1) is 6.10 Å². The number of carboxylic acids is 1. The van der Waals surface area contributed by atoms with Crippen molar-refractivity contribution in [1.29, 1.82) is 0 Å². The minimum atomic E-state index is -1.11. The van der Waals surface area contributed by atoms with Gasteiger partial charge in [-0.15, -0.1) is 0 Å². The van der Waals surface area contributed by atoms with E-state index in [-0.39, 0.29) is 0 Å². The number of aliphatic carboxylic acids is 1. The van der Waals surface area contributed by atoms with Crippen molar-refractivity contribution < 1.29 is 14.6 Å². The summed E-state index contributed by atoms with van der Waals surface area (Å²) in [5.74, 6) is -0.931. The number of nitrogens with two attached hydrogens (primary N) is 1. The minimum Gasteiger partial charge on any atom is -0.480 e. The fourth-order valence-electron chi connectivity index (χ4n) is 1.87. The Morgan fingerprint density at radius 3 is 2.56 bits per heavy atom. The molecule has 16 heavy (non-hydrogen) atoms. The molecule has 0 aromatic rings. The Bertz CT molecular complexity index is 235. The number of ether oxygens (including phenoxy) is 1. The van der Waals surface area contributed by atoms with Crippen LogP contribution in [0, 0.1) is 0 Å². The maximum atomic E-state index is 10.8. The first kappa shape index (κ1) is 13.4.